The summed E-state index contributed by atoms with van der Waals surface area (Å²) in [5, 5.41) is 12.6. The van der Waals surface area contributed by atoms with E-state index in [1.54, 1.807) is 0 Å². The summed E-state index contributed by atoms with van der Waals surface area (Å²) in [4.78, 5) is 10.5. The van der Waals surface area contributed by atoms with Crippen molar-refractivity contribution >= 4 is 5.97 Å². The number of hydrogen-bond donors (Lipinski definition) is 1. The summed E-state index contributed by atoms with van der Waals surface area (Å²) in [5.41, 5.74) is 1.15. The van der Waals surface area contributed by atoms with E-state index in [1.165, 1.54) is 19.3 Å². The molecule has 0 amide bonds. The van der Waals surface area contributed by atoms with Crippen molar-refractivity contribution in [2.75, 3.05) is 0 Å². The van der Waals surface area contributed by atoms with Crippen LogP contribution < -0.4 is 0 Å². The molecule has 4 nitrogen and oxygen atoms in total. The minimum absolute atomic E-state index is 0.114. The van der Waals surface area contributed by atoms with E-state index in [0.29, 0.717) is 17.8 Å². The maximum atomic E-state index is 10.5. The van der Waals surface area contributed by atoms with E-state index in [0.717, 1.165) is 17.4 Å². The van der Waals surface area contributed by atoms with Gasteiger partial charge in [-0.15, -0.1) is 0 Å². The van der Waals surface area contributed by atoms with Crippen molar-refractivity contribution in [3.8, 4) is 0 Å². The molecule has 1 heterocycles. The van der Waals surface area contributed by atoms with Crippen LogP contribution in [0.3, 0.4) is 0 Å². The van der Waals surface area contributed by atoms with Crippen molar-refractivity contribution in [2.24, 2.45) is 11.3 Å². The zero-order chi connectivity index (χ0) is 14.0. The molecule has 1 aliphatic carbocycles. The third-order valence-electron chi connectivity index (χ3n) is 3.71. The summed E-state index contributed by atoms with van der Waals surface area (Å²) in [5.74, 6) is 1.42. The Kier molecular flexibility index (Phi) is 3.97. The molecule has 106 valence electrons. The number of carboxylic acids is 1. The highest BCUT2D eigenvalue weighted by atomic mass is 16.5. The second kappa shape index (κ2) is 5.35. The molecule has 0 bridgehead atoms. The number of hydrogen-bond acceptors (Lipinski definition) is 3. The number of aryl methyl sites for hydroxylation is 1. The summed E-state index contributed by atoms with van der Waals surface area (Å²) in [6.07, 6.45) is 4.17. The molecule has 0 aliphatic heterocycles. The molecule has 2 rings (SSSR count). The van der Waals surface area contributed by atoms with Crippen LogP contribution in [0.5, 0.6) is 0 Å². The number of nitrogens with zero attached hydrogens (tertiary/aromatic N) is 1. The Hall–Kier alpha value is -1.32. The largest absolute Gasteiger partial charge is 0.481 e. The predicted molar refractivity (Wildman–Crippen MR) is 72.0 cm³/mol. The van der Waals surface area contributed by atoms with Crippen molar-refractivity contribution in [3.05, 3.63) is 17.5 Å². The lowest BCUT2D eigenvalue weighted by Gasteiger charge is -2.37. The smallest absolute Gasteiger partial charge is 0.303 e. The van der Waals surface area contributed by atoms with Gasteiger partial charge in [-0.2, -0.15) is 0 Å². The minimum atomic E-state index is -0.793. The van der Waals surface area contributed by atoms with Gasteiger partial charge in [-0.1, -0.05) is 25.9 Å². The van der Waals surface area contributed by atoms with Gasteiger partial charge in [-0.3, -0.25) is 4.79 Å². The highest BCUT2D eigenvalue weighted by Gasteiger charge is 2.35. The fourth-order valence-electron chi connectivity index (χ4n) is 2.87. The first-order valence-corrected chi connectivity index (χ1v) is 7.01. The number of carbonyl (C=O) groups is 1. The third-order valence-corrected chi connectivity index (χ3v) is 3.71. The van der Waals surface area contributed by atoms with Gasteiger partial charge in [0.25, 0.3) is 0 Å². The lowest BCUT2D eigenvalue weighted by atomic mass is 9.67. The first-order chi connectivity index (χ1) is 8.83. The maximum absolute atomic E-state index is 10.5. The van der Waals surface area contributed by atoms with Gasteiger partial charge < -0.3 is 9.63 Å². The van der Waals surface area contributed by atoms with Crippen LogP contribution in [0, 0.1) is 11.3 Å². The number of aromatic nitrogens is 1. The molecule has 0 unspecified atom stereocenters. The van der Waals surface area contributed by atoms with E-state index < -0.39 is 5.97 Å². The van der Waals surface area contributed by atoms with Crippen molar-refractivity contribution < 1.29 is 14.4 Å². The number of rotatable bonds is 5. The maximum Gasteiger partial charge on any atom is 0.303 e. The summed E-state index contributed by atoms with van der Waals surface area (Å²) in [7, 11) is 0. The van der Waals surface area contributed by atoms with Crippen LogP contribution in [0.15, 0.2) is 10.6 Å². The molecular formula is C15H23NO3. The fraction of sp³-hybridized carbons (Fsp3) is 0.733. The van der Waals surface area contributed by atoms with Crippen LogP contribution >= 0.6 is 0 Å². The second-order valence-corrected chi connectivity index (χ2v) is 6.91. The molecular weight excluding hydrogens is 242 g/mol. The quantitative estimate of drug-likeness (QED) is 0.883. The first kappa shape index (κ1) is 14.1. The Morgan fingerprint density at radius 2 is 2.16 bits per heavy atom. The molecule has 1 saturated carbocycles. The van der Waals surface area contributed by atoms with Crippen molar-refractivity contribution in [1.82, 2.24) is 5.16 Å². The number of carboxylic acid groups (broad SMARTS) is 1. The third kappa shape index (κ3) is 4.08. The standard InChI is InChI=1S/C15H23NO3/c1-15(2,3)9-10-6-11(7-10)13-8-12(16-19-13)4-5-14(17)18/h8,10-11H,4-7,9H2,1-3H3,(H,17,18)/t10-,11+. The van der Waals surface area contributed by atoms with E-state index >= 15 is 0 Å². The lowest BCUT2D eigenvalue weighted by molar-refractivity contribution is -0.136. The summed E-state index contributed by atoms with van der Waals surface area (Å²) >= 11 is 0. The van der Waals surface area contributed by atoms with Gasteiger partial charge in [0, 0.05) is 18.4 Å². The van der Waals surface area contributed by atoms with Gasteiger partial charge >= 0.3 is 5.97 Å². The predicted octanol–water partition coefficient (Wildman–Crippen LogP) is 3.62. The topological polar surface area (TPSA) is 63.3 Å². The Bertz CT molecular complexity index is 438. The molecule has 0 atom stereocenters. The van der Waals surface area contributed by atoms with Crippen molar-refractivity contribution in [3.63, 3.8) is 0 Å². The molecule has 1 aromatic rings. The molecule has 0 saturated heterocycles. The Morgan fingerprint density at radius 1 is 1.47 bits per heavy atom. The van der Waals surface area contributed by atoms with Gasteiger partial charge in [0.2, 0.25) is 0 Å². The van der Waals surface area contributed by atoms with Crippen LogP contribution in [-0.2, 0) is 11.2 Å². The Balaban J connectivity index is 1.80. The lowest BCUT2D eigenvalue weighted by Crippen LogP contribution is -2.25. The van der Waals surface area contributed by atoms with Crippen LogP contribution in [0.2, 0.25) is 0 Å². The average Bonchev–Trinajstić information content (AvgIpc) is 2.66. The van der Waals surface area contributed by atoms with Crippen molar-refractivity contribution in [2.45, 2.75) is 58.8 Å². The second-order valence-electron chi connectivity index (χ2n) is 6.91. The number of aliphatic carboxylic acids is 1. The Labute approximate surface area is 114 Å². The van der Waals surface area contributed by atoms with E-state index in [2.05, 4.69) is 25.9 Å². The average molecular weight is 265 g/mol. The zero-order valence-corrected chi connectivity index (χ0v) is 12.0. The Morgan fingerprint density at radius 3 is 2.74 bits per heavy atom. The molecule has 4 heteroatoms. The highest BCUT2D eigenvalue weighted by molar-refractivity contribution is 5.66. The van der Waals surface area contributed by atoms with Gasteiger partial charge in [-0.25, -0.2) is 0 Å². The molecule has 1 N–H and O–H groups in total. The fourth-order valence-corrected chi connectivity index (χ4v) is 2.87. The van der Waals surface area contributed by atoms with Crippen LogP contribution in [0.4, 0.5) is 0 Å². The first-order valence-electron chi connectivity index (χ1n) is 7.01. The van der Waals surface area contributed by atoms with Gasteiger partial charge in [0.15, 0.2) is 0 Å². The molecule has 0 radical (unpaired) electrons. The van der Waals surface area contributed by atoms with Crippen LogP contribution in [-0.4, -0.2) is 16.2 Å². The SMILES string of the molecule is CC(C)(C)C[C@H]1C[C@@H](c2cc(CCC(=O)O)no2)C1. The van der Waals surface area contributed by atoms with E-state index in [1.807, 2.05) is 6.07 Å². The van der Waals surface area contributed by atoms with Gasteiger partial charge in [0.1, 0.15) is 5.76 Å². The van der Waals surface area contributed by atoms with Crippen LogP contribution in [0.25, 0.3) is 0 Å². The highest BCUT2D eigenvalue weighted by Crippen LogP contribution is 2.46. The van der Waals surface area contributed by atoms with Gasteiger partial charge in [-0.05, 0) is 30.6 Å². The van der Waals surface area contributed by atoms with E-state index in [-0.39, 0.29) is 6.42 Å². The van der Waals surface area contributed by atoms with E-state index in [9.17, 15) is 4.79 Å². The monoisotopic (exact) mass is 265 g/mol. The normalized spacial score (nSPS) is 23.1. The molecule has 1 aliphatic rings. The van der Waals surface area contributed by atoms with Crippen LogP contribution in [0.1, 0.15) is 63.8 Å². The van der Waals surface area contributed by atoms with E-state index in [4.69, 9.17) is 9.63 Å². The van der Waals surface area contributed by atoms with Gasteiger partial charge in [0.05, 0.1) is 12.1 Å². The summed E-state index contributed by atoms with van der Waals surface area (Å²) < 4.78 is 5.34. The molecule has 19 heavy (non-hydrogen) atoms. The molecule has 1 fully saturated rings. The molecule has 1 aromatic heterocycles. The minimum Gasteiger partial charge on any atom is -0.481 e. The summed E-state index contributed by atoms with van der Waals surface area (Å²) in [6, 6.07) is 1.93. The molecule has 0 aromatic carbocycles. The summed E-state index contributed by atoms with van der Waals surface area (Å²) in [6.45, 7) is 6.83. The molecule has 0 spiro atoms. The van der Waals surface area contributed by atoms with Crippen molar-refractivity contribution in [1.29, 1.82) is 0 Å². The zero-order valence-electron chi connectivity index (χ0n) is 12.0.